The van der Waals surface area contributed by atoms with E-state index in [-0.39, 0.29) is 0 Å². The van der Waals surface area contributed by atoms with Gasteiger partial charge in [0.25, 0.3) is 0 Å². The first-order valence-electron chi connectivity index (χ1n) is 7.70. The van der Waals surface area contributed by atoms with Gasteiger partial charge in [0.15, 0.2) is 0 Å². The van der Waals surface area contributed by atoms with Gasteiger partial charge in [-0.3, -0.25) is 0 Å². The molecule has 0 nitrogen and oxygen atoms in total. The van der Waals surface area contributed by atoms with Gasteiger partial charge in [-0.25, -0.2) is 0 Å². The van der Waals surface area contributed by atoms with Crippen molar-refractivity contribution in [1.82, 2.24) is 0 Å². The second-order valence-electron chi connectivity index (χ2n) is 12.2. The molecule has 1 spiro atoms. The first-order chi connectivity index (χ1) is 7.50. The second kappa shape index (κ2) is 0.455. The molecule has 10 saturated heterocycles. The van der Waals surface area contributed by atoms with Gasteiger partial charge >= 0.3 is 93.2 Å². The molecule has 10 heterocycles. The molecule has 10 fully saturated rings. The van der Waals surface area contributed by atoms with Crippen LogP contribution in [0.3, 0.4) is 0 Å². The molecule has 94 valence electrons. The molecular formula is C16H22Fe. The van der Waals surface area contributed by atoms with Gasteiger partial charge in [0, 0.05) is 0 Å². The molecule has 0 amide bonds. The van der Waals surface area contributed by atoms with Crippen LogP contribution in [-0.4, -0.2) is 0 Å². The van der Waals surface area contributed by atoms with Crippen LogP contribution in [0, 0.1) is 0 Å². The summed E-state index contributed by atoms with van der Waals surface area (Å²) in [4.78, 5) is 5.51. The molecule has 10 aliphatic rings. The van der Waals surface area contributed by atoms with Gasteiger partial charge in [0.1, 0.15) is 0 Å². The first kappa shape index (κ1) is 6.80. The van der Waals surface area contributed by atoms with Crippen molar-refractivity contribution >= 4 is 0 Å². The summed E-state index contributed by atoms with van der Waals surface area (Å²) < 4.78 is 5.83. The summed E-state index contributed by atoms with van der Waals surface area (Å²) in [7, 11) is 0. The summed E-state index contributed by atoms with van der Waals surface area (Å²) >= 11 is 0. The Balaban J connectivity index is 1.98. The maximum atomic E-state index is 2.85. The summed E-state index contributed by atoms with van der Waals surface area (Å²) in [6, 6.07) is 0. The quantitative estimate of drug-likeness (QED) is 0.494. The van der Waals surface area contributed by atoms with E-state index in [1.807, 2.05) is 0 Å². The maximum absolute atomic E-state index is 3.29. The third-order valence-corrected chi connectivity index (χ3v) is 72.5. The van der Waals surface area contributed by atoms with E-state index in [0.717, 1.165) is 25.9 Å². The van der Waals surface area contributed by atoms with Gasteiger partial charge < -0.3 is 0 Å². The van der Waals surface area contributed by atoms with Gasteiger partial charge in [-0.05, 0) is 0 Å². The van der Waals surface area contributed by atoms with Crippen LogP contribution in [0.1, 0.15) is 41.5 Å². The molecule has 8 atom stereocenters. The van der Waals surface area contributed by atoms with Crippen LogP contribution in [-0.2, 0) is 6.51 Å². The predicted octanol–water partition coefficient (Wildman–Crippen LogP) is 5.72. The van der Waals surface area contributed by atoms with E-state index in [1.54, 1.807) is 0 Å². The molecule has 17 heavy (non-hydrogen) atoms. The van der Waals surface area contributed by atoms with Crippen LogP contribution in [0.25, 0.3) is 0 Å². The topological polar surface area (TPSA) is 0 Å². The predicted molar refractivity (Wildman–Crippen MR) is 65.2 cm³/mol. The second-order valence-corrected chi connectivity index (χ2v) is 35.7. The van der Waals surface area contributed by atoms with Gasteiger partial charge in [0.05, 0.1) is 0 Å². The molecule has 0 radical (unpaired) electrons. The Morgan fingerprint density at radius 3 is 1.06 bits per heavy atom. The number of hydrogen-bond donors (Lipinski definition) is 0. The molecular weight excluding hydrogens is 248 g/mol. The van der Waals surface area contributed by atoms with Crippen LogP contribution in [0.4, 0.5) is 0 Å². The van der Waals surface area contributed by atoms with E-state index < -0.39 is 6.51 Å². The first-order valence-corrected chi connectivity index (χ1v) is 13.6. The fourth-order valence-electron chi connectivity index (χ4n) is 24.9. The van der Waals surface area contributed by atoms with Crippen LogP contribution in [0.15, 0.2) is 0 Å². The van der Waals surface area contributed by atoms with Crippen molar-refractivity contribution in [2.75, 3.05) is 0 Å². The Morgan fingerprint density at radius 1 is 0.647 bits per heavy atom. The Hall–Kier alpha value is 0.519. The molecule has 0 aromatic rings. The van der Waals surface area contributed by atoms with Crippen LogP contribution in [0.2, 0.25) is 45.1 Å². The van der Waals surface area contributed by atoms with Crippen molar-refractivity contribution in [3.63, 3.8) is 0 Å². The summed E-state index contributed by atoms with van der Waals surface area (Å²) in [5.74, 6) is 0. The summed E-state index contributed by atoms with van der Waals surface area (Å²) in [6.45, 7) is 13.8. The van der Waals surface area contributed by atoms with Crippen molar-refractivity contribution in [3.8, 4) is 0 Å². The molecule has 0 N–H and O–H groups in total. The van der Waals surface area contributed by atoms with Gasteiger partial charge in [-0.1, -0.05) is 0 Å². The van der Waals surface area contributed by atoms with E-state index in [1.165, 1.54) is 19.3 Å². The fraction of sp³-hybridized carbons (Fsp3) is 1.00. The van der Waals surface area contributed by atoms with Crippen LogP contribution >= 0.6 is 0 Å². The number of fused-ring (bicyclic) bond motifs is 10. The molecule has 8 unspecified atom stereocenters. The minimum atomic E-state index is -3.29. The van der Waals surface area contributed by atoms with Gasteiger partial charge in [-0.15, -0.1) is 0 Å². The van der Waals surface area contributed by atoms with Crippen molar-refractivity contribution in [2.45, 2.75) is 86.7 Å². The third kappa shape index (κ3) is 0.0436. The van der Waals surface area contributed by atoms with Gasteiger partial charge in [0.2, 0.25) is 0 Å². The van der Waals surface area contributed by atoms with E-state index in [0.29, 0.717) is 0 Å². The molecule has 0 bridgehead atoms. The molecule has 0 saturated carbocycles. The van der Waals surface area contributed by atoms with Crippen molar-refractivity contribution < 1.29 is 6.51 Å². The molecule has 0 aliphatic carbocycles. The summed E-state index contributed by atoms with van der Waals surface area (Å²) in [5, 5.41) is 0. The van der Waals surface area contributed by atoms with Crippen molar-refractivity contribution in [3.05, 3.63) is 0 Å². The molecule has 10 rings (SSSR count). The Bertz CT molecular complexity index is 1080. The Kier molecular flexibility index (Phi) is 0.182. The van der Waals surface area contributed by atoms with E-state index >= 15 is 0 Å². The molecule has 0 aromatic heterocycles. The fourth-order valence-corrected chi connectivity index (χ4v) is 116. The Morgan fingerprint density at radius 2 is 1.06 bits per heavy atom. The molecule has 1 heteroatoms. The monoisotopic (exact) mass is 270 g/mol. The van der Waals surface area contributed by atoms with E-state index in [9.17, 15) is 0 Å². The average molecular weight is 270 g/mol. The SMILES string of the molecule is C[C]12[CH]3[CH]4[CH]5[C]1(C)[Fe]43521678[CH]2[C]1(C)[C]6(C)[C]7(C)[C]28C. The number of rotatable bonds is 0. The zero-order valence-electron chi connectivity index (χ0n) is 11.7. The third-order valence-electron chi connectivity index (χ3n) is 20.2. The van der Waals surface area contributed by atoms with Gasteiger partial charge in [-0.2, -0.15) is 0 Å². The summed E-state index contributed by atoms with van der Waals surface area (Å²) in [5.41, 5.74) is 0. The average Bonchev–Trinajstić information content (AvgIpc) is 3.21. The molecule has 0 aromatic carbocycles. The zero-order valence-corrected chi connectivity index (χ0v) is 12.8. The van der Waals surface area contributed by atoms with E-state index in [2.05, 4.69) is 41.5 Å². The molecule has 10 aliphatic heterocycles. The van der Waals surface area contributed by atoms with Crippen LogP contribution in [0.5, 0.6) is 0 Å². The zero-order chi connectivity index (χ0) is 11.6. The minimum absolute atomic E-state index is 0.956. The summed E-state index contributed by atoms with van der Waals surface area (Å²) in [6.07, 6.45) is 0. The van der Waals surface area contributed by atoms with Crippen LogP contribution < -0.4 is 0 Å². The van der Waals surface area contributed by atoms with Crippen molar-refractivity contribution in [1.29, 1.82) is 0 Å². The normalized spacial score (nSPS) is 141. The van der Waals surface area contributed by atoms with Crippen molar-refractivity contribution in [2.24, 2.45) is 0 Å². The van der Waals surface area contributed by atoms with E-state index in [4.69, 9.17) is 0 Å². The number of hydrogen-bond acceptors (Lipinski definition) is 0. The standard InChI is InChI=1S/C9H13.C7H9.Fe/c1-6-5-7(2)9(4)8(6)3;1-6-4-3-5-7(6)2;/h5H,1-4H3;3-5H,1-2H3;. The Labute approximate surface area is 93.2 Å².